The zero-order valence-corrected chi connectivity index (χ0v) is 12.8. The zero-order chi connectivity index (χ0) is 15.9. The van der Waals surface area contributed by atoms with Crippen LogP contribution in [0.1, 0.15) is 24.2 Å². The molecule has 0 fully saturated rings. The molecule has 0 saturated heterocycles. The van der Waals surface area contributed by atoms with Crippen LogP contribution in [0, 0.1) is 0 Å². The standard InChI is InChI=1S/C15H21N5O2/c1-3-20(4-2)15(22)17-8-7-16-14(21)11-5-6-12-13(9-11)19-10-18-12/h5-6,9-10H,3-4,7-8H2,1-2H3,(H,16,21)(H,17,22)(H,18,19). The number of imidazole rings is 1. The summed E-state index contributed by atoms with van der Waals surface area (Å²) in [5, 5.41) is 5.55. The smallest absolute Gasteiger partial charge is 0.317 e. The predicted octanol–water partition coefficient (Wildman–Crippen LogP) is 1.34. The lowest BCUT2D eigenvalue weighted by atomic mass is 10.2. The van der Waals surface area contributed by atoms with Crippen LogP contribution in [0.5, 0.6) is 0 Å². The van der Waals surface area contributed by atoms with E-state index >= 15 is 0 Å². The van der Waals surface area contributed by atoms with Crippen molar-refractivity contribution in [2.24, 2.45) is 0 Å². The van der Waals surface area contributed by atoms with Gasteiger partial charge in [-0.25, -0.2) is 9.78 Å². The van der Waals surface area contributed by atoms with Gasteiger partial charge in [0.25, 0.3) is 5.91 Å². The first-order valence-electron chi connectivity index (χ1n) is 7.39. The van der Waals surface area contributed by atoms with Gasteiger partial charge in [0.1, 0.15) is 0 Å². The summed E-state index contributed by atoms with van der Waals surface area (Å²) >= 11 is 0. The fraction of sp³-hybridized carbons (Fsp3) is 0.400. The van der Waals surface area contributed by atoms with Gasteiger partial charge in [-0.05, 0) is 32.0 Å². The summed E-state index contributed by atoms with van der Waals surface area (Å²) in [5.41, 5.74) is 2.21. The number of nitrogens with one attached hydrogen (secondary N) is 3. The van der Waals surface area contributed by atoms with E-state index in [1.54, 1.807) is 29.4 Å². The minimum atomic E-state index is -0.173. The molecule has 0 spiro atoms. The average Bonchev–Trinajstić information content (AvgIpc) is 3.00. The second-order valence-corrected chi connectivity index (χ2v) is 4.79. The Hall–Kier alpha value is -2.57. The van der Waals surface area contributed by atoms with Crippen molar-refractivity contribution >= 4 is 23.0 Å². The highest BCUT2D eigenvalue weighted by molar-refractivity contribution is 5.97. The van der Waals surface area contributed by atoms with Crippen LogP contribution in [0.2, 0.25) is 0 Å². The third kappa shape index (κ3) is 3.75. The number of hydrogen-bond acceptors (Lipinski definition) is 3. The Morgan fingerprint density at radius 3 is 2.64 bits per heavy atom. The maximum atomic E-state index is 12.0. The molecule has 1 aromatic carbocycles. The van der Waals surface area contributed by atoms with Gasteiger partial charge in [0.15, 0.2) is 0 Å². The number of hydrogen-bond donors (Lipinski definition) is 3. The van der Waals surface area contributed by atoms with Gasteiger partial charge < -0.3 is 20.5 Å². The van der Waals surface area contributed by atoms with Crippen molar-refractivity contribution in [2.45, 2.75) is 13.8 Å². The Balaban J connectivity index is 1.79. The fourth-order valence-electron chi connectivity index (χ4n) is 2.15. The summed E-state index contributed by atoms with van der Waals surface area (Å²) < 4.78 is 0. The lowest BCUT2D eigenvalue weighted by molar-refractivity contribution is 0.0953. The van der Waals surface area contributed by atoms with Crippen LogP contribution < -0.4 is 10.6 Å². The number of carbonyl (C=O) groups excluding carboxylic acids is 2. The third-order valence-corrected chi connectivity index (χ3v) is 3.42. The summed E-state index contributed by atoms with van der Waals surface area (Å²) in [6, 6.07) is 5.17. The van der Waals surface area contributed by atoms with Crippen molar-refractivity contribution in [2.75, 3.05) is 26.2 Å². The minimum absolute atomic E-state index is 0.113. The summed E-state index contributed by atoms with van der Waals surface area (Å²) in [7, 11) is 0. The molecule has 0 aliphatic carbocycles. The third-order valence-electron chi connectivity index (χ3n) is 3.42. The summed E-state index contributed by atoms with van der Waals surface area (Å²) in [6.07, 6.45) is 1.59. The molecule has 0 unspecified atom stereocenters. The van der Waals surface area contributed by atoms with E-state index in [1.165, 1.54) is 0 Å². The van der Waals surface area contributed by atoms with Crippen molar-refractivity contribution in [3.8, 4) is 0 Å². The van der Waals surface area contributed by atoms with E-state index in [2.05, 4.69) is 20.6 Å². The summed E-state index contributed by atoms with van der Waals surface area (Å²) in [6.45, 7) is 5.96. The summed E-state index contributed by atoms with van der Waals surface area (Å²) in [5.74, 6) is -0.173. The molecule has 3 amide bonds. The number of benzene rings is 1. The molecule has 0 aliphatic heterocycles. The Labute approximate surface area is 129 Å². The highest BCUT2D eigenvalue weighted by Crippen LogP contribution is 2.11. The van der Waals surface area contributed by atoms with E-state index < -0.39 is 0 Å². The van der Waals surface area contributed by atoms with Gasteiger partial charge in [-0.1, -0.05) is 0 Å². The molecule has 0 aliphatic rings. The summed E-state index contributed by atoms with van der Waals surface area (Å²) in [4.78, 5) is 32.5. The molecular formula is C15H21N5O2. The Morgan fingerprint density at radius 1 is 1.18 bits per heavy atom. The number of aromatic nitrogens is 2. The Morgan fingerprint density at radius 2 is 1.91 bits per heavy atom. The maximum absolute atomic E-state index is 12.0. The molecule has 0 atom stereocenters. The maximum Gasteiger partial charge on any atom is 0.317 e. The normalized spacial score (nSPS) is 10.5. The largest absolute Gasteiger partial charge is 0.350 e. The number of nitrogens with zero attached hydrogens (tertiary/aromatic N) is 2. The first kappa shape index (κ1) is 15.8. The van der Waals surface area contributed by atoms with Gasteiger partial charge in [0.2, 0.25) is 0 Å². The second kappa shape index (κ2) is 7.44. The van der Waals surface area contributed by atoms with E-state index in [1.807, 2.05) is 13.8 Å². The van der Waals surface area contributed by atoms with Gasteiger partial charge in [-0.3, -0.25) is 4.79 Å². The highest BCUT2D eigenvalue weighted by atomic mass is 16.2. The number of fused-ring (bicyclic) bond motifs is 1. The topological polar surface area (TPSA) is 90.1 Å². The predicted molar refractivity (Wildman–Crippen MR) is 84.7 cm³/mol. The van der Waals surface area contributed by atoms with Crippen molar-refractivity contribution in [1.82, 2.24) is 25.5 Å². The van der Waals surface area contributed by atoms with E-state index in [4.69, 9.17) is 0 Å². The molecule has 7 nitrogen and oxygen atoms in total. The lowest BCUT2D eigenvalue weighted by Crippen LogP contribution is -2.42. The van der Waals surface area contributed by atoms with Gasteiger partial charge >= 0.3 is 6.03 Å². The van der Waals surface area contributed by atoms with E-state index in [9.17, 15) is 9.59 Å². The Bertz CT molecular complexity index is 648. The molecule has 0 bridgehead atoms. The molecule has 0 saturated carbocycles. The first-order valence-corrected chi connectivity index (χ1v) is 7.39. The molecule has 0 radical (unpaired) electrons. The number of carbonyl (C=O) groups is 2. The van der Waals surface area contributed by atoms with Crippen LogP contribution >= 0.6 is 0 Å². The van der Waals surface area contributed by atoms with Gasteiger partial charge in [0, 0.05) is 31.7 Å². The molecule has 1 aromatic heterocycles. The second-order valence-electron chi connectivity index (χ2n) is 4.79. The molecular weight excluding hydrogens is 282 g/mol. The lowest BCUT2D eigenvalue weighted by Gasteiger charge is -2.19. The molecule has 22 heavy (non-hydrogen) atoms. The van der Waals surface area contributed by atoms with E-state index in [0.29, 0.717) is 31.7 Å². The highest BCUT2D eigenvalue weighted by Gasteiger charge is 2.09. The van der Waals surface area contributed by atoms with Crippen molar-refractivity contribution < 1.29 is 9.59 Å². The SMILES string of the molecule is CCN(CC)C(=O)NCCNC(=O)c1ccc2nc[nH]c2c1. The fourth-order valence-corrected chi connectivity index (χ4v) is 2.15. The van der Waals surface area contributed by atoms with Gasteiger partial charge in [-0.2, -0.15) is 0 Å². The Kier molecular flexibility index (Phi) is 5.35. The van der Waals surface area contributed by atoms with Crippen LogP contribution in [0.25, 0.3) is 11.0 Å². The molecule has 118 valence electrons. The van der Waals surface area contributed by atoms with Crippen molar-refractivity contribution in [3.05, 3.63) is 30.1 Å². The van der Waals surface area contributed by atoms with Gasteiger partial charge in [0.05, 0.1) is 17.4 Å². The quantitative estimate of drug-likeness (QED) is 0.703. The molecule has 2 aromatic rings. The number of H-pyrrole nitrogens is 1. The van der Waals surface area contributed by atoms with Crippen LogP contribution in [-0.2, 0) is 0 Å². The number of rotatable bonds is 6. The van der Waals surface area contributed by atoms with Crippen molar-refractivity contribution in [1.29, 1.82) is 0 Å². The van der Waals surface area contributed by atoms with Crippen LogP contribution in [0.4, 0.5) is 4.79 Å². The van der Waals surface area contributed by atoms with Crippen LogP contribution in [-0.4, -0.2) is 53.0 Å². The number of urea groups is 1. The number of aromatic amines is 1. The molecule has 3 N–H and O–H groups in total. The minimum Gasteiger partial charge on any atom is -0.350 e. The van der Waals surface area contributed by atoms with Gasteiger partial charge in [-0.15, -0.1) is 0 Å². The van der Waals surface area contributed by atoms with Crippen LogP contribution in [0.3, 0.4) is 0 Å². The first-order chi connectivity index (χ1) is 10.7. The van der Waals surface area contributed by atoms with E-state index in [0.717, 1.165) is 11.0 Å². The molecule has 7 heteroatoms. The molecule has 1 heterocycles. The number of amides is 3. The van der Waals surface area contributed by atoms with Crippen LogP contribution in [0.15, 0.2) is 24.5 Å². The monoisotopic (exact) mass is 303 g/mol. The van der Waals surface area contributed by atoms with Crippen molar-refractivity contribution in [3.63, 3.8) is 0 Å². The molecule has 2 rings (SSSR count). The van der Waals surface area contributed by atoms with E-state index in [-0.39, 0.29) is 11.9 Å². The zero-order valence-electron chi connectivity index (χ0n) is 12.8. The average molecular weight is 303 g/mol.